The first-order valence-electron chi connectivity index (χ1n) is 27.0. The Hall–Kier alpha value is -9.24. The van der Waals surface area contributed by atoms with Crippen LogP contribution >= 0.6 is 0 Å². The Bertz CT molecular complexity index is 4210. The van der Waals surface area contributed by atoms with Crippen LogP contribution in [0.4, 0.5) is 22.7 Å². The van der Waals surface area contributed by atoms with E-state index in [9.17, 15) is 0 Å². The number of anilines is 4. The minimum atomic E-state index is -0.0739. The van der Waals surface area contributed by atoms with Crippen molar-refractivity contribution in [1.29, 1.82) is 0 Å². The summed E-state index contributed by atoms with van der Waals surface area (Å²) in [5.41, 5.74) is 19.9. The van der Waals surface area contributed by atoms with Crippen LogP contribution in [0, 0.1) is 34.6 Å². The van der Waals surface area contributed by atoms with Gasteiger partial charge in [-0.1, -0.05) is 230 Å². The van der Waals surface area contributed by atoms with Gasteiger partial charge in [0.05, 0.1) is 11.7 Å². The Morgan fingerprint density at radius 3 is 1.56 bits per heavy atom. The SMILES string of the molecule is Cc1ccccc1.Cc1ccccc1-c1ccc(C)c(-c2ccc(C3=CC(N(c4ccc5ccccc5c4)c4cccc5ccccc45)CC(N(c4ccc5ccccc5c4)c4cccc5ccccc45)=C3)cc2C)c1C. The highest BCUT2D eigenvalue weighted by Crippen LogP contribution is 2.46. The average Bonchev–Trinajstić information content (AvgIpc) is 3.51. The molecule has 0 aliphatic heterocycles. The number of allylic oxidation sites excluding steroid dienone is 2. The third-order valence-electron chi connectivity index (χ3n) is 15.6. The fourth-order valence-corrected chi connectivity index (χ4v) is 11.8. The summed E-state index contributed by atoms with van der Waals surface area (Å²) in [4.78, 5) is 5.15. The second kappa shape index (κ2) is 21.2. The summed E-state index contributed by atoms with van der Waals surface area (Å²) >= 11 is 0. The fraction of sp³-hybridized carbons (Fsp3) is 0.0933. The van der Waals surface area contributed by atoms with E-state index in [1.165, 1.54) is 116 Å². The lowest BCUT2D eigenvalue weighted by Gasteiger charge is -2.39. The Morgan fingerprint density at radius 2 is 0.909 bits per heavy atom. The standard InChI is InChI=1S/C68H54N2.C7H8/c1-45-17-5-12-26-61(45)63-37-31-46(2)68(48(63)4)62-38-34-55(39-47(62)3)56-42-59(69(57-35-32-49-18-6-8-22-53(49)40-57)66-29-15-24-51-20-10-13-27-64(51)66)44-60(43-56)70(58-36-33-50-19-7-9-23-54(50)41-58)67-30-16-25-52-21-11-14-28-65(52)67;1-7-5-3-2-4-6-7/h5-43,59H,44H2,1-4H3;2-6H,1H3. The topological polar surface area (TPSA) is 6.48 Å². The zero-order valence-electron chi connectivity index (χ0n) is 44.6. The molecule has 0 bridgehead atoms. The summed E-state index contributed by atoms with van der Waals surface area (Å²) < 4.78 is 0. The molecule has 13 rings (SSSR count). The van der Waals surface area contributed by atoms with E-state index in [0.29, 0.717) is 0 Å². The highest BCUT2D eigenvalue weighted by atomic mass is 15.2. The molecule has 372 valence electrons. The first-order chi connectivity index (χ1) is 37.8. The molecule has 0 saturated carbocycles. The largest absolute Gasteiger partial charge is 0.334 e. The number of hydrogen-bond acceptors (Lipinski definition) is 2. The molecule has 2 heteroatoms. The molecular weight excluding hydrogens is 929 g/mol. The quantitative estimate of drug-likeness (QED) is 0.142. The van der Waals surface area contributed by atoms with E-state index in [0.717, 1.165) is 23.5 Å². The monoisotopic (exact) mass is 990 g/mol. The molecular formula is C75H62N2. The number of hydrogen-bond donors (Lipinski definition) is 0. The summed E-state index contributed by atoms with van der Waals surface area (Å²) in [6.45, 7) is 11.1. The zero-order chi connectivity index (χ0) is 52.4. The molecule has 0 spiro atoms. The molecule has 0 aromatic heterocycles. The van der Waals surface area contributed by atoms with Crippen LogP contribution in [0.5, 0.6) is 0 Å². The van der Waals surface area contributed by atoms with Crippen molar-refractivity contribution in [1.82, 2.24) is 0 Å². The van der Waals surface area contributed by atoms with E-state index in [4.69, 9.17) is 0 Å². The summed E-state index contributed by atoms with van der Waals surface area (Å²) in [6.07, 6.45) is 5.75. The van der Waals surface area contributed by atoms with Crippen LogP contribution in [0.3, 0.4) is 0 Å². The van der Waals surface area contributed by atoms with E-state index in [1.54, 1.807) is 0 Å². The molecule has 1 atom stereocenters. The van der Waals surface area contributed by atoms with Gasteiger partial charge in [0.25, 0.3) is 0 Å². The van der Waals surface area contributed by atoms with Crippen LogP contribution in [-0.4, -0.2) is 6.04 Å². The van der Waals surface area contributed by atoms with Gasteiger partial charge in [-0.3, -0.25) is 0 Å². The molecule has 2 nitrogen and oxygen atoms in total. The number of fused-ring (bicyclic) bond motifs is 4. The van der Waals surface area contributed by atoms with E-state index in [-0.39, 0.29) is 6.04 Å². The van der Waals surface area contributed by atoms with Crippen molar-refractivity contribution in [3.8, 4) is 22.3 Å². The van der Waals surface area contributed by atoms with E-state index in [2.05, 4.69) is 293 Å². The predicted molar refractivity (Wildman–Crippen MR) is 332 cm³/mol. The maximum Gasteiger partial charge on any atom is 0.0586 e. The van der Waals surface area contributed by atoms with Crippen molar-refractivity contribution < 1.29 is 0 Å². The lowest BCUT2D eigenvalue weighted by Crippen LogP contribution is -2.34. The number of benzene rings is 12. The Balaban J connectivity index is 0.000000790. The van der Waals surface area contributed by atoms with Crippen LogP contribution in [0.15, 0.2) is 273 Å². The molecule has 1 aliphatic carbocycles. The molecule has 77 heavy (non-hydrogen) atoms. The highest BCUT2D eigenvalue weighted by molar-refractivity contribution is 6.01. The maximum absolute atomic E-state index is 2.61. The minimum absolute atomic E-state index is 0.0739. The third kappa shape index (κ3) is 9.72. The van der Waals surface area contributed by atoms with Crippen LogP contribution in [0.2, 0.25) is 0 Å². The van der Waals surface area contributed by atoms with Gasteiger partial charge >= 0.3 is 0 Å². The zero-order valence-corrected chi connectivity index (χ0v) is 44.6. The molecule has 0 amide bonds. The van der Waals surface area contributed by atoms with Crippen LogP contribution in [-0.2, 0) is 0 Å². The number of nitrogens with zero attached hydrogens (tertiary/aromatic N) is 2. The lowest BCUT2D eigenvalue weighted by atomic mass is 9.85. The molecule has 12 aromatic carbocycles. The van der Waals surface area contributed by atoms with Crippen LogP contribution in [0.25, 0.3) is 70.9 Å². The molecule has 0 heterocycles. The van der Waals surface area contributed by atoms with Gasteiger partial charge in [0.15, 0.2) is 0 Å². The fourth-order valence-electron chi connectivity index (χ4n) is 11.8. The van der Waals surface area contributed by atoms with Crippen LogP contribution < -0.4 is 9.80 Å². The molecule has 1 unspecified atom stereocenters. The van der Waals surface area contributed by atoms with Crippen molar-refractivity contribution in [3.63, 3.8) is 0 Å². The maximum atomic E-state index is 2.61. The Morgan fingerprint density at radius 1 is 0.364 bits per heavy atom. The Kier molecular flexibility index (Phi) is 13.4. The smallest absolute Gasteiger partial charge is 0.0586 e. The summed E-state index contributed by atoms with van der Waals surface area (Å²) in [5, 5.41) is 9.76. The summed E-state index contributed by atoms with van der Waals surface area (Å²) in [5.74, 6) is 0. The molecule has 0 saturated heterocycles. The van der Waals surface area contributed by atoms with Gasteiger partial charge in [-0.2, -0.15) is 0 Å². The van der Waals surface area contributed by atoms with Crippen molar-refractivity contribution in [3.05, 3.63) is 306 Å². The second-order valence-electron chi connectivity index (χ2n) is 20.7. The van der Waals surface area contributed by atoms with Gasteiger partial charge in [-0.15, -0.1) is 0 Å². The van der Waals surface area contributed by atoms with Crippen molar-refractivity contribution in [2.24, 2.45) is 0 Å². The van der Waals surface area contributed by atoms with Gasteiger partial charge in [0, 0.05) is 40.0 Å². The molecule has 0 radical (unpaired) electrons. The van der Waals surface area contributed by atoms with Gasteiger partial charge in [0.1, 0.15) is 0 Å². The van der Waals surface area contributed by atoms with Gasteiger partial charge in [-0.25, -0.2) is 0 Å². The van der Waals surface area contributed by atoms with Gasteiger partial charge in [-0.05, 0) is 165 Å². The van der Waals surface area contributed by atoms with Gasteiger partial charge < -0.3 is 9.80 Å². The van der Waals surface area contributed by atoms with E-state index in [1.807, 2.05) is 18.2 Å². The summed E-state index contributed by atoms with van der Waals surface area (Å²) in [6, 6.07) is 93.2. The summed E-state index contributed by atoms with van der Waals surface area (Å²) in [7, 11) is 0. The number of rotatable bonds is 9. The van der Waals surface area contributed by atoms with Crippen molar-refractivity contribution in [2.45, 2.75) is 47.1 Å². The predicted octanol–water partition coefficient (Wildman–Crippen LogP) is 20.6. The first-order valence-corrected chi connectivity index (χ1v) is 27.0. The molecule has 12 aromatic rings. The van der Waals surface area contributed by atoms with Crippen molar-refractivity contribution in [2.75, 3.05) is 9.80 Å². The van der Waals surface area contributed by atoms with Crippen molar-refractivity contribution >= 4 is 71.4 Å². The first kappa shape index (κ1) is 48.7. The normalized spacial score (nSPS) is 13.2. The van der Waals surface area contributed by atoms with E-state index >= 15 is 0 Å². The molecule has 0 fully saturated rings. The average molecular weight is 991 g/mol. The molecule has 1 aliphatic rings. The lowest BCUT2D eigenvalue weighted by molar-refractivity contribution is 0.750. The van der Waals surface area contributed by atoms with E-state index < -0.39 is 0 Å². The highest BCUT2D eigenvalue weighted by Gasteiger charge is 2.30. The minimum Gasteiger partial charge on any atom is -0.334 e. The van der Waals surface area contributed by atoms with Crippen LogP contribution in [0.1, 0.15) is 39.8 Å². The van der Waals surface area contributed by atoms with Gasteiger partial charge in [0.2, 0.25) is 0 Å². The number of aryl methyl sites for hydroxylation is 4. The second-order valence-corrected chi connectivity index (χ2v) is 20.7. The third-order valence-corrected chi connectivity index (χ3v) is 15.6. The molecule has 0 N–H and O–H groups in total. The Labute approximate surface area is 454 Å².